The number of amides is 1. The van der Waals surface area contributed by atoms with Crippen LogP contribution in [0.2, 0.25) is 0 Å². The molecule has 0 aromatic heterocycles. The summed E-state index contributed by atoms with van der Waals surface area (Å²) in [6.07, 6.45) is 10.8. The summed E-state index contributed by atoms with van der Waals surface area (Å²) >= 11 is 0. The van der Waals surface area contributed by atoms with Crippen molar-refractivity contribution in [2.75, 3.05) is 0 Å². The van der Waals surface area contributed by atoms with E-state index in [2.05, 4.69) is 50.4 Å². The topological polar surface area (TPSA) is 41.5 Å². The Morgan fingerprint density at radius 1 is 1.00 bits per heavy atom. The second-order valence-electron chi connectivity index (χ2n) is 7.54. The average molecular weight is 331 g/mol. The van der Waals surface area contributed by atoms with E-state index in [0.29, 0.717) is 6.42 Å². The smallest absolute Gasteiger partial charge is 0.240 e. The Hall–Kier alpha value is -1.64. The van der Waals surface area contributed by atoms with E-state index >= 15 is 0 Å². The van der Waals surface area contributed by atoms with Gasteiger partial charge >= 0.3 is 0 Å². The first-order chi connectivity index (χ1) is 11.4. The van der Waals surface area contributed by atoms with Crippen LogP contribution in [0.25, 0.3) is 0 Å². The van der Waals surface area contributed by atoms with Gasteiger partial charge in [0.05, 0.1) is 6.21 Å². The fraction of sp³-hybridized carbons (Fsp3) is 0.619. The molecule has 0 fully saturated rings. The summed E-state index contributed by atoms with van der Waals surface area (Å²) in [5, 5.41) is 4.05. The summed E-state index contributed by atoms with van der Waals surface area (Å²) in [6.45, 7) is 8.81. The Labute approximate surface area is 147 Å². The number of nitrogens with zero attached hydrogens (tertiary/aromatic N) is 1. The zero-order valence-electron chi connectivity index (χ0n) is 15.9. The molecule has 0 bridgehead atoms. The van der Waals surface area contributed by atoms with Gasteiger partial charge in [-0.05, 0) is 23.0 Å². The highest BCUT2D eigenvalue weighted by Gasteiger charge is 2.12. The van der Waals surface area contributed by atoms with Gasteiger partial charge in [0.25, 0.3) is 0 Å². The summed E-state index contributed by atoms with van der Waals surface area (Å²) in [6, 6.07) is 8.29. The minimum absolute atomic E-state index is 0.00567. The molecule has 1 aromatic carbocycles. The molecule has 24 heavy (non-hydrogen) atoms. The summed E-state index contributed by atoms with van der Waals surface area (Å²) in [4.78, 5) is 11.7. The molecule has 0 saturated carbocycles. The average Bonchev–Trinajstić information content (AvgIpc) is 2.54. The molecule has 0 aliphatic carbocycles. The first-order valence-electron chi connectivity index (χ1n) is 9.36. The third-order valence-electron chi connectivity index (χ3n) is 4.19. The first-order valence-corrected chi connectivity index (χ1v) is 9.36. The lowest BCUT2D eigenvalue weighted by atomic mass is 9.87. The summed E-state index contributed by atoms with van der Waals surface area (Å²) < 4.78 is 0. The van der Waals surface area contributed by atoms with Crippen molar-refractivity contribution in [2.24, 2.45) is 5.10 Å². The van der Waals surface area contributed by atoms with Crippen molar-refractivity contribution in [3.8, 4) is 0 Å². The van der Waals surface area contributed by atoms with Crippen LogP contribution in [0.1, 0.15) is 90.2 Å². The largest absolute Gasteiger partial charge is 0.273 e. The van der Waals surface area contributed by atoms with Gasteiger partial charge < -0.3 is 0 Å². The molecule has 3 heteroatoms. The molecule has 1 amide bonds. The number of hydrogen-bond donors (Lipinski definition) is 1. The quantitative estimate of drug-likeness (QED) is 0.340. The maximum absolute atomic E-state index is 11.7. The van der Waals surface area contributed by atoms with Crippen LogP contribution in [-0.2, 0) is 10.2 Å². The number of carbonyl (C=O) groups excluding carboxylic acids is 1. The molecule has 3 nitrogen and oxygen atoms in total. The van der Waals surface area contributed by atoms with Gasteiger partial charge in [0.15, 0.2) is 0 Å². The lowest BCUT2D eigenvalue weighted by Gasteiger charge is -2.18. The highest BCUT2D eigenvalue weighted by Crippen LogP contribution is 2.21. The zero-order chi connectivity index (χ0) is 17.8. The van der Waals surface area contributed by atoms with Gasteiger partial charge in [-0.1, -0.05) is 90.5 Å². The molecule has 0 saturated heterocycles. The predicted molar refractivity (Wildman–Crippen MR) is 103 cm³/mol. The van der Waals surface area contributed by atoms with Crippen molar-refractivity contribution in [3.05, 3.63) is 35.4 Å². The van der Waals surface area contributed by atoms with Crippen molar-refractivity contribution in [3.63, 3.8) is 0 Å². The predicted octanol–water partition coefficient (Wildman–Crippen LogP) is 5.57. The molecule has 0 aliphatic rings. The van der Waals surface area contributed by atoms with Crippen molar-refractivity contribution in [1.82, 2.24) is 5.43 Å². The highest BCUT2D eigenvalue weighted by atomic mass is 16.2. The molecule has 0 radical (unpaired) electrons. The van der Waals surface area contributed by atoms with Gasteiger partial charge in [0.2, 0.25) is 5.91 Å². The molecule has 0 spiro atoms. The van der Waals surface area contributed by atoms with E-state index < -0.39 is 0 Å². The molecule has 0 heterocycles. The normalized spacial score (nSPS) is 11.8. The highest BCUT2D eigenvalue weighted by molar-refractivity contribution is 5.82. The van der Waals surface area contributed by atoms with Gasteiger partial charge in [-0.3, -0.25) is 4.79 Å². The number of rotatable bonds is 10. The van der Waals surface area contributed by atoms with E-state index in [-0.39, 0.29) is 11.3 Å². The van der Waals surface area contributed by atoms with Crippen LogP contribution in [0.5, 0.6) is 0 Å². The molecular formula is C21H34N2O. The lowest BCUT2D eigenvalue weighted by Crippen LogP contribution is -2.17. The number of nitrogens with one attached hydrogen (secondary N) is 1. The SMILES string of the molecule is CCCCCCCCCC(=O)N/N=C/c1ccc(C(C)(C)C)cc1. The van der Waals surface area contributed by atoms with E-state index in [4.69, 9.17) is 0 Å². The van der Waals surface area contributed by atoms with Gasteiger partial charge in [0, 0.05) is 6.42 Å². The van der Waals surface area contributed by atoms with E-state index in [9.17, 15) is 4.79 Å². The molecule has 1 N–H and O–H groups in total. The van der Waals surface area contributed by atoms with Crippen LogP contribution in [0.3, 0.4) is 0 Å². The van der Waals surface area contributed by atoms with Crippen molar-refractivity contribution >= 4 is 12.1 Å². The van der Waals surface area contributed by atoms with Crippen molar-refractivity contribution < 1.29 is 4.79 Å². The van der Waals surface area contributed by atoms with Gasteiger partial charge in [-0.25, -0.2) is 5.43 Å². The van der Waals surface area contributed by atoms with Crippen LogP contribution in [-0.4, -0.2) is 12.1 Å². The third kappa shape index (κ3) is 8.85. The number of benzene rings is 1. The van der Waals surface area contributed by atoms with Crippen LogP contribution < -0.4 is 5.43 Å². The van der Waals surface area contributed by atoms with Crippen LogP contribution in [0, 0.1) is 0 Å². The maximum atomic E-state index is 11.7. The zero-order valence-corrected chi connectivity index (χ0v) is 15.9. The van der Waals surface area contributed by atoms with Gasteiger partial charge in [-0.2, -0.15) is 5.10 Å². The molecule has 1 aromatic rings. The fourth-order valence-corrected chi connectivity index (χ4v) is 2.55. The lowest BCUT2D eigenvalue weighted by molar-refractivity contribution is -0.121. The van der Waals surface area contributed by atoms with Crippen molar-refractivity contribution in [2.45, 2.75) is 84.5 Å². The minimum Gasteiger partial charge on any atom is -0.273 e. The Balaban J connectivity index is 2.21. The molecule has 0 atom stereocenters. The molecular weight excluding hydrogens is 296 g/mol. The summed E-state index contributed by atoms with van der Waals surface area (Å²) in [7, 11) is 0. The van der Waals surface area contributed by atoms with E-state index in [1.807, 2.05) is 12.1 Å². The summed E-state index contributed by atoms with van der Waals surface area (Å²) in [5.74, 6) is 0.00567. The van der Waals surface area contributed by atoms with E-state index in [1.165, 1.54) is 37.7 Å². The number of carbonyl (C=O) groups is 1. The van der Waals surface area contributed by atoms with Crippen LogP contribution in [0.4, 0.5) is 0 Å². The Kier molecular flexibility index (Phi) is 9.36. The summed E-state index contributed by atoms with van der Waals surface area (Å²) in [5.41, 5.74) is 5.06. The number of unbranched alkanes of at least 4 members (excludes halogenated alkanes) is 6. The van der Waals surface area contributed by atoms with E-state index in [0.717, 1.165) is 18.4 Å². The van der Waals surface area contributed by atoms with Crippen molar-refractivity contribution in [1.29, 1.82) is 0 Å². The van der Waals surface area contributed by atoms with Crippen LogP contribution >= 0.6 is 0 Å². The van der Waals surface area contributed by atoms with E-state index in [1.54, 1.807) is 6.21 Å². The second-order valence-corrected chi connectivity index (χ2v) is 7.54. The second kappa shape index (κ2) is 11.0. The molecule has 1 rings (SSSR count). The van der Waals surface area contributed by atoms with Gasteiger partial charge in [-0.15, -0.1) is 0 Å². The van der Waals surface area contributed by atoms with Crippen LogP contribution in [0.15, 0.2) is 29.4 Å². The number of hydrogen-bond acceptors (Lipinski definition) is 2. The fourth-order valence-electron chi connectivity index (χ4n) is 2.55. The monoisotopic (exact) mass is 330 g/mol. The first kappa shape index (κ1) is 20.4. The standard InChI is InChI=1S/C21H34N2O/c1-5-6-7-8-9-10-11-12-20(24)23-22-17-18-13-15-19(16-14-18)21(2,3)4/h13-17H,5-12H2,1-4H3,(H,23,24)/b22-17+. The van der Waals surface area contributed by atoms with Gasteiger partial charge in [0.1, 0.15) is 0 Å². The molecule has 0 aliphatic heterocycles. The maximum Gasteiger partial charge on any atom is 0.240 e. The Morgan fingerprint density at radius 2 is 1.58 bits per heavy atom. The number of hydrazone groups is 1. The Morgan fingerprint density at radius 3 is 2.17 bits per heavy atom. The third-order valence-corrected chi connectivity index (χ3v) is 4.19. The Bertz CT molecular complexity index is 498. The molecule has 134 valence electrons. The minimum atomic E-state index is 0.00567. The molecule has 0 unspecified atom stereocenters.